The molecule has 0 aromatic heterocycles. The fourth-order valence-corrected chi connectivity index (χ4v) is 1.53. The molecule has 1 heterocycles. The largest absolute Gasteiger partial charge is 0.368 e. The van der Waals surface area contributed by atoms with Crippen LogP contribution in [0.1, 0.15) is 26.2 Å². The van der Waals surface area contributed by atoms with E-state index in [2.05, 4.69) is 0 Å². The van der Waals surface area contributed by atoms with Crippen LogP contribution in [-0.2, 0) is 9.53 Å². The fourth-order valence-electron chi connectivity index (χ4n) is 1.53. The maximum Gasteiger partial charge on any atom is 0.251 e. The van der Waals surface area contributed by atoms with Gasteiger partial charge >= 0.3 is 0 Å². The van der Waals surface area contributed by atoms with Crippen LogP contribution in [0.15, 0.2) is 0 Å². The number of hydrogen-bond donors (Lipinski definition) is 1. The Balaban J connectivity index is 2.28. The minimum atomic E-state index is -0.201. The van der Waals surface area contributed by atoms with Crippen molar-refractivity contribution in [3.8, 4) is 0 Å². The van der Waals surface area contributed by atoms with Gasteiger partial charge in [0.05, 0.1) is 0 Å². The van der Waals surface area contributed by atoms with Crippen LogP contribution in [0.25, 0.3) is 0 Å². The van der Waals surface area contributed by atoms with Gasteiger partial charge in [-0.05, 0) is 26.2 Å². The smallest absolute Gasteiger partial charge is 0.251 e. The molecule has 0 bridgehead atoms. The van der Waals surface area contributed by atoms with Crippen LogP contribution in [0.3, 0.4) is 0 Å². The monoisotopic (exact) mass is 200 g/mol. The average molecular weight is 200 g/mol. The van der Waals surface area contributed by atoms with Crippen molar-refractivity contribution in [2.24, 2.45) is 5.73 Å². The Hall–Kier alpha value is -0.610. The zero-order valence-electron chi connectivity index (χ0n) is 9.03. The van der Waals surface area contributed by atoms with Crippen LogP contribution in [0.2, 0.25) is 0 Å². The quantitative estimate of drug-likeness (QED) is 0.713. The molecule has 0 aromatic rings. The van der Waals surface area contributed by atoms with Crippen molar-refractivity contribution in [2.75, 3.05) is 20.2 Å². The molecule has 4 nitrogen and oxygen atoms in total. The lowest BCUT2D eigenvalue weighted by Gasteiger charge is -2.21. The van der Waals surface area contributed by atoms with E-state index in [9.17, 15) is 4.79 Å². The number of nitrogens with two attached hydrogens (primary N) is 1. The predicted molar refractivity (Wildman–Crippen MR) is 54.9 cm³/mol. The van der Waals surface area contributed by atoms with E-state index in [0.717, 1.165) is 32.4 Å². The molecule has 0 spiro atoms. The fraction of sp³-hybridized carbons (Fsp3) is 0.900. The molecular formula is C10H20N2O2. The molecule has 1 rings (SSSR count). The Morgan fingerprint density at radius 3 is 2.93 bits per heavy atom. The molecule has 1 aliphatic rings. The number of hydrogen-bond acceptors (Lipinski definition) is 3. The SMILES string of the molecule is CC(N)CCN(C)C(=O)C1CCCO1. The summed E-state index contributed by atoms with van der Waals surface area (Å²) in [7, 11) is 1.81. The minimum absolute atomic E-state index is 0.100. The minimum Gasteiger partial charge on any atom is -0.368 e. The van der Waals surface area contributed by atoms with Crippen molar-refractivity contribution in [2.45, 2.75) is 38.3 Å². The Bertz CT molecular complexity index is 189. The van der Waals surface area contributed by atoms with E-state index >= 15 is 0 Å². The predicted octanol–water partition coefficient (Wildman–Crippen LogP) is 0.361. The van der Waals surface area contributed by atoms with E-state index < -0.39 is 0 Å². The van der Waals surface area contributed by atoms with Gasteiger partial charge in [0.25, 0.3) is 5.91 Å². The van der Waals surface area contributed by atoms with Gasteiger partial charge in [-0.15, -0.1) is 0 Å². The van der Waals surface area contributed by atoms with Gasteiger partial charge in [-0.3, -0.25) is 4.79 Å². The number of carbonyl (C=O) groups excluding carboxylic acids is 1. The Kier molecular flexibility index (Phi) is 4.35. The van der Waals surface area contributed by atoms with Crippen molar-refractivity contribution >= 4 is 5.91 Å². The molecular weight excluding hydrogens is 180 g/mol. The first-order valence-electron chi connectivity index (χ1n) is 5.23. The molecule has 1 aliphatic heterocycles. The molecule has 1 fully saturated rings. The average Bonchev–Trinajstić information content (AvgIpc) is 2.65. The second-order valence-electron chi connectivity index (χ2n) is 4.03. The summed E-state index contributed by atoms with van der Waals surface area (Å²) in [6.45, 7) is 3.39. The van der Waals surface area contributed by atoms with Crippen LogP contribution < -0.4 is 5.73 Å². The van der Waals surface area contributed by atoms with Gasteiger partial charge in [0, 0.05) is 26.2 Å². The first-order chi connectivity index (χ1) is 6.61. The molecule has 0 aliphatic carbocycles. The topological polar surface area (TPSA) is 55.6 Å². The number of ether oxygens (including phenoxy) is 1. The molecule has 82 valence electrons. The van der Waals surface area contributed by atoms with Crippen molar-refractivity contribution in [1.82, 2.24) is 4.90 Å². The van der Waals surface area contributed by atoms with Gasteiger partial charge in [-0.2, -0.15) is 0 Å². The van der Waals surface area contributed by atoms with Crippen LogP contribution in [0, 0.1) is 0 Å². The highest BCUT2D eigenvalue weighted by Crippen LogP contribution is 2.14. The van der Waals surface area contributed by atoms with Crippen LogP contribution in [0.5, 0.6) is 0 Å². The lowest BCUT2D eigenvalue weighted by Crippen LogP contribution is -2.38. The molecule has 2 atom stereocenters. The van der Waals surface area contributed by atoms with Gasteiger partial charge in [0.1, 0.15) is 6.10 Å². The third-order valence-corrected chi connectivity index (χ3v) is 2.50. The third kappa shape index (κ3) is 3.27. The van der Waals surface area contributed by atoms with Crippen molar-refractivity contribution in [3.63, 3.8) is 0 Å². The Morgan fingerprint density at radius 2 is 2.43 bits per heavy atom. The molecule has 2 N–H and O–H groups in total. The summed E-state index contributed by atoms with van der Waals surface area (Å²) in [6.07, 6.45) is 2.50. The number of likely N-dealkylation sites (N-methyl/N-ethyl adjacent to an activating group) is 1. The highest BCUT2D eigenvalue weighted by atomic mass is 16.5. The first kappa shape index (κ1) is 11.5. The summed E-state index contributed by atoms with van der Waals surface area (Å²) in [5, 5.41) is 0. The van der Waals surface area contributed by atoms with Gasteiger partial charge in [0.15, 0.2) is 0 Å². The molecule has 0 radical (unpaired) electrons. The molecule has 0 aromatic carbocycles. The van der Waals surface area contributed by atoms with Gasteiger partial charge < -0.3 is 15.4 Å². The highest BCUT2D eigenvalue weighted by molar-refractivity contribution is 5.80. The molecule has 4 heteroatoms. The highest BCUT2D eigenvalue weighted by Gasteiger charge is 2.26. The molecule has 2 unspecified atom stereocenters. The number of carbonyl (C=O) groups is 1. The zero-order chi connectivity index (χ0) is 10.6. The lowest BCUT2D eigenvalue weighted by atomic mass is 10.2. The molecule has 0 saturated carbocycles. The second kappa shape index (κ2) is 5.32. The molecule has 1 saturated heterocycles. The van der Waals surface area contributed by atoms with E-state index in [1.807, 2.05) is 14.0 Å². The van der Waals surface area contributed by atoms with Gasteiger partial charge in [0.2, 0.25) is 0 Å². The van der Waals surface area contributed by atoms with E-state index in [0.29, 0.717) is 0 Å². The number of nitrogens with zero attached hydrogens (tertiary/aromatic N) is 1. The van der Waals surface area contributed by atoms with E-state index in [-0.39, 0.29) is 18.1 Å². The third-order valence-electron chi connectivity index (χ3n) is 2.50. The summed E-state index contributed by atoms with van der Waals surface area (Å²) in [5.74, 6) is 0.100. The standard InChI is InChI=1S/C10H20N2O2/c1-8(11)5-6-12(2)10(13)9-4-3-7-14-9/h8-9H,3-7,11H2,1-2H3. The van der Waals surface area contributed by atoms with Crippen molar-refractivity contribution in [3.05, 3.63) is 0 Å². The summed E-state index contributed by atoms with van der Waals surface area (Å²) < 4.78 is 5.32. The summed E-state index contributed by atoms with van der Waals surface area (Å²) >= 11 is 0. The van der Waals surface area contributed by atoms with Crippen LogP contribution in [-0.4, -0.2) is 43.2 Å². The maximum atomic E-state index is 11.7. The normalized spacial score (nSPS) is 23.5. The first-order valence-corrected chi connectivity index (χ1v) is 5.23. The van der Waals surface area contributed by atoms with E-state index in [4.69, 9.17) is 10.5 Å². The Morgan fingerprint density at radius 1 is 1.71 bits per heavy atom. The summed E-state index contributed by atoms with van der Waals surface area (Å²) in [4.78, 5) is 13.4. The molecule has 1 amide bonds. The van der Waals surface area contributed by atoms with Crippen LogP contribution in [0.4, 0.5) is 0 Å². The number of rotatable bonds is 4. The van der Waals surface area contributed by atoms with E-state index in [1.165, 1.54) is 0 Å². The summed E-state index contributed by atoms with van der Waals surface area (Å²) in [6, 6.07) is 0.148. The summed E-state index contributed by atoms with van der Waals surface area (Å²) in [5.41, 5.74) is 5.63. The molecule has 14 heavy (non-hydrogen) atoms. The van der Waals surface area contributed by atoms with Crippen molar-refractivity contribution < 1.29 is 9.53 Å². The maximum absolute atomic E-state index is 11.7. The van der Waals surface area contributed by atoms with E-state index in [1.54, 1.807) is 4.90 Å². The number of amides is 1. The second-order valence-corrected chi connectivity index (χ2v) is 4.03. The van der Waals surface area contributed by atoms with Gasteiger partial charge in [-0.1, -0.05) is 0 Å². The lowest BCUT2D eigenvalue weighted by molar-refractivity contribution is -0.139. The Labute approximate surface area is 85.4 Å². The van der Waals surface area contributed by atoms with Crippen LogP contribution >= 0.6 is 0 Å². The van der Waals surface area contributed by atoms with Gasteiger partial charge in [-0.25, -0.2) is 0 Å². The zero-order valence-corrected chi connectivity index (χ0v) is 9.03. The van der Waals surface area contributed by atoms with Crippen molar-refractivity contribution in [1.29, 1.82) is 0 Å².